The van der Waals surface area contributed by atoms with Gasteiger partial charge in [-0.1, -0.05) is 18.2 Å². The molecule has 0 atom stereocenters. The summed E-state index contributed by atoms with van der Waals surface area (Å²) in [6, 6.07) is 8.07. The standard InChI is InChI=1S/C16H14F2O3S/c1-2-20-14-10-11(6-8-13(14)21-16(17)18)5-7-12(19)15-4-3-9-22-15/h3-10,16H,2H2,1H3/b7-5+. The molecular formula is C16H14F2O3S. The largest absolute Gasteiger partial charge is 0.490 e. The molecule has 1 aromatic heterocycles. The fourth-order valence-corrected chi connectivity index (χ4v) is 2.41. The lowest BCUT2D eigenvalue weighted by molar-refractivity contribution is -0.0514. The minimum atomic E-state index is -2.92. The molecule has 0 fully saturated rings. The van der Waals surface area contributed by atoms with Crippen molar-refractivity contribution in [3.8, 4) is 11.5 Å². The van der Waals surface area contributed by atoms with E-state index in [4.69, 9.17) is 4.74 Å². The number of allylic oxidation sites excluding steroid dienone is 1. The van der Waals surface area contributed by atoms with Gasteiger partial charge >= 0.3 is 6.61 Å². The van der Waals surface area contributed by atoms with Crippen LogP contribution in [-0.4, -0.2) is 19.0 Å². The summed E-state index contributed by atoms with van der Waals surface area (Å²) in [5, 5.41) is 1.82. The Balaban J connectivity index is 2.17. The lowest BCUT2D eigenvalue weighted by atomic mass is 10.1. The number of alkyl halides is 2. The molecular weight excluding hydrogens is 310 g/mol. The quantitative estimate of drug-likeness (QED) is 0.549. The Morgan fingerprint density at radius 1 is 1.32 bits per heavy atom. The number of hydrogen-bond donors (Lipinski definition) is 0. The van der Waals surface area contributed by atoms with Gasteiger partial charge in [0.25, 0.3) is 0 Å². The van der Waals surface area contributed by atoms with Crippen LogP contribution in [0.3, 0.4) is 0 Å². The summed E-state index contributed by atoms with van der Waals surface area (Å²) in [4.78, 5) is 12.5. The SMILES string of the molecule is CCOc1cc(/C=C/C(=O)c2cccs2)ccc1OC(F)F. The molecule has 22 heavy (non-hydrogen) atoms. The Bertz CT molecular complexity index is 651. The van der Waals surface area contributed by atoms with Gasteiger partial charge < -0.3 is 9.47 Å². The highest BCUT2D eigenvalue weighted by atomic mass is 32.1. The number of thiophene rings is 1. The van der Waals surface area contributed by atoms with E-state index >= 15 is 0 Å². The summed E-state index contributed by atoms with van der Waals surface area (Å²) in [5.41, 5.74) is 0.662. The molecule has 0 radical (unpaired) electrons. The predicted molar refractivity (Wildman–Crippen MR) is 81.9 cm³/mol. The summed E-state index contributed by atoms with van der Waals surface area (Å²) in [7, 11) is 0. The van der Waals surface area contributed by atoms with Crippen LogP contribution in [0.15, 0.2) is 41.8 Å². The first kappa shape index (κ1) is 16.2. The molecule has 0 spiro atoms. The molecule has 0 aliphatic rings. The molecule has 0 aliphatic heterocycles. The zero-order chi connectivity index (χ0) is 15.9. The van der Waals surface area contributed by atoms with E-state index in [-0.39, 0.29) is 17.3 Å². The maximum Gasteiger partial charge on any atom is 0.387 e. The smallest absolute Gasteiger partial charge is 0.387 e. The second kappa shape index (κ2) is 7.70. The van der Waals surface area contributed by atoms with Crippen molar-refractivity contribution in [2.24, 2.45) is 0 Å². The van der Waals surface area contributed by atoms with Crippen LogP contribution in [0.4, 0.5) is 8.78 Å². The van der Waals surface area contributed by atoms with Gasteiger partial charge in [-0.15, -0.1) is 11.3 Å². The lowest BCUT2D eigenvalue weighted by Gasteiger charge is -2.11. The van der Waals surface area contributed by atoms with Crippen molar-refractivity contribution in [1.82, 2.24) is 0 Å². The van der Waals surface area contributed by atoms with E-state index in [9.17, 15) is 13.6 Å². The van der Waals surface area contributed by atoms with Crippen molar-refractivity contribution in [3.05, 3.63) is 52.2 Å². The minimum Gasteiger partial charge on any atom is -0.490 e. The third kappa shape index (κ3) is 4.39. The number of benzene rings is 1. The number of ketones is 1. The van der Waals surface area contributed by atoms with Gasteiger partial charge in [0.1, 0.15) is 0 Å². The van der Waals surface area contributed by atoms with E-state index in [1.807, 2.05) is 5.38 Å². The molecule has 1 heterocycles. The fraction of sp³-hybridized carbons (Fsp3) is 0.188. The number of carbonyl (C=O) groups is 1. The molecule has 0 amide bonds. The Morgan fingerprint density at radius 2 is 2.14 bits per heavy atom. The first-order valence-electron chi connectivity index (χ1n) is 6.57. The Morgan fingerprint density at radius 3 is 2.77 bits per heavy atom. The number of rotatable bonds is 7. The predicted octanol–water partition coefficient (Wildman–Crippen LogP) is 4.64. The zero-order valence-electron chi connectivity index (χ0n) is 11.8. The normalized spacial score (nSPS) is 11.1. The first-order valence-corrected chi connectivity index (χ1v) is 7.45. The summed E-state index contributed by atoms with van der Waals surface area (Å²) >= 11 is 1.36. The summed E-state index contributed by atoms with van der Waals surface area (Å²) in [6.07, 6.45) is 3.04. The molecule has 0 unspecified atom stereocenters. The molecule has 3 nitrogen and oxygen atoms in total. The molecule has 2 rings (SSSR count). The average molecular weight is 324 g/mol. The van der Waals surface area contributed by atoms with Crippen LogP contribution in [0.25, 0.3) is 6.08 Å². The van der Waals surface area contributed by atoms with Crippen LogP contribution >= 0.6 is 11.3 Å². The second-order valence-corrected chi connectivity index (χ2v) is 5.14. The molecule has 0 bridgehead atoms. The van der Waals surface area contributed by atoms with Gasteiger partial charge in [-0.3, -0.25) is 4.79 Å². The van der Waals surface area contributed by atoms with E-state index < -0.39 is 6.61 Å². The molecule has 0 N–H and O–H groups in total. The maximum absolute atomic E-state index is 12.3. The highest BCUT2D eigenvalue weighted by molar-refractivity contribution is 7.12. The van der Waals surface area contributed by atoms with Crippen LogP contribution in [0.5, 0.6) is 11.5 Å². The Hall–Kier alpha value is -2.21. The van der Waals surface area contributed by atoms with Crippen molar-refractivity contribution in [1.29, 1.82) is 0 Å². The van der Waals surface area contributed by atoms with Crippen molar-refractivity contribution >= 4 is 23.2 Å². The summed E-state index contributed by atoms with van der Waals surface area (Å²) < 4.78 is 34.3. The second-order valence-electron chi connectivity index (χ2n) is 4.19. The molecule has 0 saturated carbocycles. The van der Waals surface area contributed by atoms with Gasteiger partial charge in [-0.25, -0.2) is 0 Å². The van der Waals surface area contributed by atoms with E-state index in [2.05, 4.69) is 4.74 Å². The van der Waals surface area contributed by atoms with Crippen LogP contribution in [0.1, 0.15) is 22.2 Å². The van der Waals surface area contributed by atoms with Gasteiger partial charge in [0.05, 0.1) is 11.5 Å². The van der Waals surface area contributed by atoms with Gasteiger partial charge in [-0.2, -0.15) is 8.78 Å². The van der Waals surface area contributed by atoms with Crippen molar-refractivity contribution in [2.45, 2.75) is 13.5 Å². The van der Waals surface area contributed by atoms with E-state index in [1.54, 1.807) is 37.3 Å². The first-order chi connectivity index (χ1) is 10.6. The van der Waals surface area contributed by atoms with E-state index in [0.717, 1.165) is 0 Å². The van der Waals surface area contributed by atoms with Gasteiger partial charge in [0.2, 0.25) is 0 Å². The molecule has 6 heteroatoms. The summed E-state index contributed by atoms with van der Waals surface area (Å²) in [6.45, 7) is -0.850. The van der Waals surface area contributed by atoms with Crippen LogP contribution in [0, 0.1) is 0 Å². The molecule has 0 aliphatic carbocycles. The Labute approximate surface area is 130 Å². The van der Waals surface area contributed by atoms with Gasteiger partial charge in [0.15, 0.2) is 17.3 Å². The van der Waals surface area contributed by atoms with Gasteiger partial charge in [0, 0.05) is 0 Å². The maximum atomic E-state index is 12.3. The molecule has 2 aromatic rings. The van der Waals surface area contributed by atoms with Crippen molar-refractivity contribution < 1.29 is 23.0 Å². The average Bonchev–Trinajstić information content (AvgIpc) is 3.01. The fourth-order valence-electron chi connectivity index (χ4n) is 1.76. The molecule has 116 valence electrons. The zero-order valence-corrected chi connectivity index (χ0v) is 12.6. The van der Waals surface area contributed by atoms with Gasteiger partial charge in [-0.05, 0) is 42.1 Å². The molecule has 1 aromatic carbocycles. The number of carbonyl (C=O) groups excluding carboxylic acids is 1. The van der Waals surface area contributed by atoms with E-state index in [0.29, 0.717) is 17.0 Å². The number of halogens is 2. The Kier molecular flexibility index (Phi) is 5.66. The topological polar surface area (TPSA) is 35.5 Å². The third-order valence-corrected chi connectivity index (χ3v) is 3.56. The van der Waals surface area contributed by atoms with E-state index in [1.165, 1.54) is 23.5 Å². The third-order valence-electron chi connectivity index (χ3n) is 2.67. The lowest BCUT2D eigenvalue weighted by Crippen LogP contribution is -2.04. The van der Waals surface area contributed by atoms with Crippen molar-refractivity contribution in [2.75, 3.05) is 6.61 Å². The van der Waals surface area contributed by atoms with Crippen molar-refractivity contribution in [3.63, 3.8) is 0 Å². The highest BCUT2D eigenvalue weighted by Gasteiger charge is 2.11. The number of hydrogen-bond acceptors (Lipinski definition) is 4. The minimum absolute atomic E-state index is 0.0291. The highest BCUT2D eigenvalue weighted by Crippen LogP contribution is 2.30. The monoisotopic (exact) mass is 324 g/mol. The summed E-state index contributed by atoms with van der Waals surface area (Å²) in [5.74, 6) is 0.0768. The molecule has 0 saturated heterocycles. The van der Waals surface area contributed by atoms with Crippen LogP contribution in [-0.2, 0) is 0 Å². The van der Waals surface area contributed by atoms with Crippen LogP contribution in [0.2, 0.25) is 0 Å². The number of ether oxygens (including phenoxy) is 2. The van der Waals surface area contributed by atoms with Crippen LogP contribution < -0.4 is 9.47 Å².